The van der Waals surface area contributed by atoms with Gasteiger partial charge in [0.25, 0.3) is 0 Å². The Morgan fingerprint density at radius 3 is 2.45 bits per heavy atom. The molecule has 1 aromatic heterocycles. The first kappa shape index (κ1) is 8.56. The first-order valence-corrected chi connectivity index (χ1v) is 4.29. The van der Waals surface area contributed by atoms with Crippen LogP contribution >= 0.6 is 12.6 Å². The molecule has 0 fully saturated rings. The molecule has 0 aromatic carbocycles. The maximum absolute atomic E-state index is 5.45. The van der Waals surface area contributed by atoms with Crippen LogP contribution in [-0.4, -0.2) is 5.75 Å². The fourth-order valence-electron chi connectivity index (χ4n) is 0.889. The summed E-state index contributed by atoms with van der Waals surface area (Å²) in [5.74, 6) is 0.868. The lowest BCUT2D eigenvalue weighted by atomic mass is 10.3. The number of aromatic nitrogens is 1. The van der Waals surface area contributed by atoms with Crippen LogP contribution in [-0.2, 0) is 13.1 Å². The molecular formula is C8H13N2S+. The highest BCUT2D eigenvalue weighted by molar-refractivity contribution is 7.80. The van der Waals surface area contributed by atoms with E-state index in [4.69, 9.17) is 5.73 Å². The van der Waals surface area contributed by atoms with E-state index in [1.165, 1.54) is 5.56 Å². The highest BCUT2D eigenvalue weighted by Crippen LogP contribution is 1.91. The van der Waals surface area contributed by atoms with Crippen LogP contribution in [0.15, 0.2) is 24.5 Å². The second-order valence-electron chi connectivity index (χ2n) is 2.37. The Morgan fingerprint density at radius 2 is 2.00 bits per heavy atom. The molecule has 0 unspecified atom stereocenters. The van der Waals surface area contributed by atoms with Crippen LogP contribution in [0.2, 0.25) is 0 Å². The van der Waals surface area contributed by atoms with Crippen LogP contribution in [0.5, 0.6) is 0 Å². The minimum Gasteiger partial charge on any atom is -0.326 e. The highest BCUT2D eigenvalue weighted by atomic mass is 32.1. The first-order valence-electron chi connectivity index (χ1n) is 3.65. The Labute approximate surface area is 72.5 Å². The van der Waals surface area contributed by atoms with Crippen molar-refractivity contribution in [2.45, 2.75) is 13.1 Å². The highest BCUT2D eigenvalue weighted by Gasteiger charge is 1.96. The molecule has 2 N–H and O–H groups in total. The molecule has 60 valence electrons. The number of thiol groups is 1. The zero-order valence-corrected chi connectivity index (χ0v) is 7.30. The molecule has 3 heteroatoms. The van der Waals surface area contributed by atoms with Crippen molar-refractivity contribution >= 4 is 12.6 Å². The van der Waals surface area contributed by atoms with Gasteiger partial charge in [-0.05, 0) is 5.56 Å². The van der Waals surface area contributed by atoms with E-state index in [1.807, 2.05) is 24.5 Å². The van der Waals surface area contributed by atoms with Gasteiger partial charge in [-0.15, -0.1) is 0 Å². The van der Waals surface area contributed by atoms with E-state index in [1.54, 1.807) is 0 Å². The minimum absolute atomic E-state index is 0.613. The number of aryl methyl sites for hydroxylation is 1. The van der Waals surface area contributed by atoms with E-state index < -0.39 is 0 Å². The SMILES string of the molecule is NCc1cc[n+](CCS)cc1. The molecule has 0 aliphatic rings. The van der Waals surface area contributed by atoms with Crippen LogP contribution in [0.3, 0.4) is 0 Å². The second kappa shape index (κ2) is 4.36. The number of nitrogens with zero attached hydrogens (tertiary/aromatic N) is 1. The molecule has 0 spiro atoms. The lowest BCUT2D eigenvalue weighted by Crippen LogP contribution is -2.33. The predicted octanol–water partition coefficient (Wildman–Crippen LogP) is 0.363. The van der Waals surface area contributed by atoms with E-state index in [0.717, 1.165) is 12.3 Å². The van der Waals surface area contributed by atoms with Gasteiger partial charge in [-0.1, -0.05) is 0 Å². The topological polar surface area (TPSA) is 29.9 Å². The van der Waals surface area contributed by atoms with Crippen molar-refractivity contribution < 1.29 is 4.57 Å². The molecule has 0 amide bonds. The average molecular weight is 169 g/mol. The van der Waals surface area contributed by atoms with E-state index in [0.29, 0.717) is 6.54 Å². The number of pyridine rings is 1. The summed E-state index contributed by atoms with van der Waals surface area (Å²) in [6.45, 7) is 1.57. The van der Waals surface area contributed by atoms with Crippen LogP contribution in [0.1, 0.15) is 5.56 Å². The zero-order valence-electron chi connectivity index (χ0n) is 6.40. The molecule has 0 bridgehead atoms. The van der Waals surface area contributed by atoms with E-state index in [-0.39, 0.29) is 0 Å². The van der Waals surface area contributed by atoms with Gasteiger partial charge in [0.1, 0.15) is 0 Å². The van der Waals surface area contributed by atoms with Gasteiger partial charge in [0, 0.05) is 24.4 Å². The largest absolute Gasteiger partial charge is 0.326 e. The molecule has 1 rings (SSSR count). The van der Waals surface area contributed by atoms with Crippen LogP contribution in [0.4, 0.5) is 0 Å². The maximum atomic E-state index is 5.45. The van der Waals surface area contributed by atoms with E-state index in [9.17, 15) is 0 Å². The summed E-state index contributed by atoms with van der Waals surface area (Å²) in [4.78, 5) is 0. The average Bonchev–Trinajstić information content (AvgIpc) is 2.07. The minimum atomic E-state index is 0.613. The van der Waals surface area contributed by atoms with Crippen molar-refractivity contribution in [2.24, 2.45) is 5.73 Å². The molecule has 2 nitrogen and oxygen atoms in total. The number of hydrogen-bond acceptors (Lipinski definition) is 2. The van der Waals surface area contributed by atoms with Crippen molar-refractivity contribution in [1.82, 2.24) is 0 Å². The Kier molecular flexibility index (Phi) is 3.39. The predicted molar refractivity (Wildman–Crippen MR) is 48.4 cm³/mol. The second-order valence-corrected chi connectivity index (χ2v) is 2.82. The molecule has 11 heavy (non-hydrogen) atoms. The molecule has 0 aliphatic heterocycles. The third-order valence-corrected chi connectivity index (χ3v) is 1.75. The van der Waals surface area contributed by atoms with Gasteiger partial charge in [0.2, 0.25) is 0 Å². The van der Waals surface area contributed by atoms with Crippen molar-refractivity contribution in [3.63, 3.8) is 0 Å². The summed E-state index contributed by atoms with van der Waals surface area (Å²) in [6, 6.07) is 4.06. The maximum Gasteiger partial charge on any atom is 0.169 e. The lowest BCUT2D eigenvalue weighted by molar-refractivity contribution is -0.692. The van der Waals surface area contributed by atoms with Gasteiger partial charge in [-0.2, -0.15) is 12.6 Å². The third kappa shape index (κ3) is 2.52. The van der Waals surface area contributed by atoms with Gasteiger partial charge in [0.05, 0.1) is 0 Å². The monoisotopic (exact) mass is 169 g/mol. The van der Waals surface area contributed by atoms with Crippen LogP contribution in [0, 0.1) is 0 Å². The zero-order chi connectivity index (χ0) is 8.10. The molecule has 0 saturated heterocycles. The summed E-state index contributed by atoms with van der Waals surface area (Å²) in [6.07, 6.45) is 4.05. The van der Waals surface area contributed by atoms with Gasteiger partial charge >= 0.3 is 0 Å². The van der Waals surface area contributed by atoms with Crippen LogP contribution in [0.25, 0.3) is 0 Å². The Balaban J connectivity index is 2.66. The smallest absolute Gasteiger partial charge is 0.169 e. The molecule has 1 aromatic rings. The summed E-state index contributed by atoms with van der Waals surface area (Å²) in [7, 11) is 0. The number of rotatable bonds is 3. The van der Waals surface area contributed by atoms with Gasteiger partial charge in [-0.3, -0.25) is 0 Å². The summed E-state index contributed by atoms with van der Waals surface area (Å²) in [5.41, 5.74) is 6.62. The van der Waals surface area contributed by atoms with Crippen LogP contribution < -0.4 is 10.3 Å². The number of hydrogen-bond donors (Lipinski definition) is 2. The standard InChI is InChI=1S/C8H12N2S/c9-7-8-1-3-10(4-2-8)5-6-11/h1-4H,5-7,9H2/p+1. The van der Waals surface area contributed by atoms with Crippen molar-refractivity contribution in [1.29, 1.82) is 0 Å². The Hall–Kier alpha value is -0.540. The fraction of sp³-hybridized carbons (Fsp3) is 0.375. The van der Waals surface area contributed by atoms with E-state index in [2.05, 4.69) is 17.2 Å². The lowest BCUT2D eigenvalue weighted by Gasteiger charge is -1.94. The number of nitrogens with two attached hydrogens (primary N) is 1. The fourth-order valence-corrected chi connectivity index (χ4v) is 1.12. The molecule has 1 heterocycles. The normalized spacial score (nSPS) is 10.0. The quantitative estimate of drug-likeness (QED) is 0.497. The van der Waals surface area contributed by atoms with Gasteiger partial charge in [-0.25, -0.2) is 4.57 Å². The molecule has 0 radical (unpaired) electrons. The van der Waals surface area contributed by atoms with Gasteiger partial charge in [0.15, 0.2) is 18.9 Å². The molecule has 0 saturated carbocycles. The van der Waals surface area contributed by atoms with Crippen molar-refractivity contribution in [3.8, 4) is 0 Å². The van der Waals surface area contributed by atoms with Crippen molar-refractivity contribution in [2.75, 3.05) is 5.75 Å². The first-order chi connectivity index (χ1) is 5.36. The molecular weight excluding hydrogens is 156 g/mol. The van der Waals surface area contributed by atoms with Gasteiger partial charge < -0.3 is 5.73 Å². The molecule has 0 atom stereocenters. The van der Waals surface area contributed by atoms with Crippen molar-refractivity contribution in [3.05, 3.63) is 30.1 Å². The molecule has 0 aliphatic carbocycles. The van der Waals surface area contributed by atoms with E-state index >= 15 is 0 Å². The Morgan fingerprint density at radius 1 is 1.36 bits per heavy atom. The summed E-state index contributed by atoms with van der Waals surface area (Å²) < 4.78 is 2.09. The Bertz CT molecular complexity index is 208. The summed E-state index contributed by atoms with van der Waals surface area (Å²) >= 11 is 4.14. The third-order valence-electron chi connectivity index (χ3n) is 1.55. The summed E-state index contributed by atoms with van der Waals surface area (Å²) in [5, 5.41) is 0.